The van der Waals surface area contributed by atoms with Crippen molar-refractivity contribution in [3.8, 4) is 11.5 Å². The van der Waals surface area contributed by atoms with E-state index in [0.29, 0.717) is 18.4 Å². The molecule has 7 heteroatoms. The Labute approximate surface area is 152 Å². The number of carbonyl (C=O) groups is 1. The van der Waals surface area contributed by atoms with E-state index >= 15 is 0 Å². The normalized spacial score (nSPS) is 16.4. The number of halogens is 1. The van der Waals surface area contributed by atoms with Crippen molar-refractivity contribution < 1.29 is 4.79 Å². The van der Waals surface area contributed by atoms with Crippen LogP contribution in [0.1, 0.15) is 34.8 Å². The van der Waals surface area contributed by atoms with Gasteiger partial charge in [-0.15, -0.1) is 10.2 Å². The molecule has 2 aliphatic rings. The average Bonchev–Trinajstić information content (AvgIpc) is 3.27. The standard InChI is InChI=1S/C18H14BrN5O/c19-12-5-4-11-9-23(18(25)14(11)8-12)16-3-1-2-15(21-16)17-22-20-10-24(17)13-6-7-13/h1-5,8,10,13H,6-7,9H2. The molecular weight excluding hydrogens is 382 g/mol. The first-order valence-electron chi connectivity index (χ1n) is 8.18. The second kappa shape index (κ2) is 5.49. The molecule has 0 bridgehead atoms. The summed E-state index contributed by atoms with van der Waals surface area (Å²) in [5.74, 6) is 1.38. The number of fused-ring (bicyclic) bond motifs is 1. The van der Waals surface area contributed by atoms with Crippen molar-refractivity contribution >= 4 is 27.7 Å². The van der Waals surface area contributed by atoms with Crippen LogP contribution in [0.5, 0.6) is 0 Å². The third-order valence-electron chi connectivity index (χ3n) is 4.63. The molecule has 124 valence electrons. The van der Waals surface area contributed by atoms with Crippen LogP contribution in [0.15, 0.2) is 47.2 Å². The van der Waals surface area contributed by atoms with Gasteiger partial charge in [0.15, 0.2) is 5.82 Å². The number of carbonyl (C=O) groups excluding carboxylic acids is 1. The lowest BCUT2D eigenvalue weighted by Gasteiger charge is -2.15. The Morgan fingerprint density at radius 2 is 2.04 bits per heavy atom. The molecule has 1 amide bonds. The average molecular weight is 396 g/mol. The molecule has 1 aliphatic carbocycles. The fraction of sp³-hybridized carbons (Fsp3) is 0.222. The molecule has 6 nitrogen and oxygen atoms in total. The molecule has 0 saturated heterocycles. The van der Waals surface area contributed by atoms with Gasteiger partial charge in [-0.2, -0.15) is 0 Å². The topological polar surface area (TPSA) is 63.9 Å². The SMILES string of the molecule is O=C1c2cc(Br)ccc2CN1c1cccc(-c2nncn2C2CC2)n1. The van der Waals surface area contributed by atoms with Gasteiger partial charge >= 0.3 is 0 Å². The van der Waals surface area contributed by atoms with Gasteiger partial charge in [-0.1, -0.05) is 28.1 Å². The molecule has 0 atom stereocenters. The van der Waals surface area contributed by atoms with E-state index < -0.39 is 0 Å². The van der Waals surface area contributed by atoms with E-state index in [1.54, 1.807) is 11.2 Å². The highest BCUT2D eigenvalue weighted by molar-refractivity contribution is 9.10. The molecule has 3 heterocycles. The number of aromatic nitrogens is 4. The summed E-state index contributed by atoms with van der Waals surface area (Å²) in [7, 11) is 0. The number of amides is 1. The molecule has 25 heavy (non-hydrogen) atoms. The van der Waals surface area contributed by atoms with Gasteiger partial charge in [0.25, 0.3) is 5.91 Å². The number of hydrogen-bond acceptors (Lipinski definition) is 4. The van der Waals surface area contributed by atoms with Crippen LogP contribution >= 0.6 is 15.9 Å². The summed E-state index contributed by atoms with van der Waals surface area (Å²) >= 11 is 3.43. The minimum absolute atomic E-state index is 0.0235. The Kier molecular flexibility index (Phi) is 3.24. The van der Waals surface area contributed by atoms with Crippen LogP contribution < -0.4 is 4.90 Å². The Morgan fingerprint density at radius 1 is 1.16 bits per heavy atom. The van der Waals surface area contributed by atoms with Crippen LogP contribution in [0.25, 0.3) is 11.5 Å². The van der Waals surface area contributed by atoms with Crippen molar-refractivity contribution in [1.82, 2.24) is 19.7 Å². The number of pyridine rings is 1. The summed E-state index contributed by atoms with van der Waals surface area (Å²) in [5.41, 5.74) is 2.48. The Bertz CT molecular complexity index is 995. The lowest BCUT2D eigenvalue weighted by Crippen LogP contribution is -2.24. The highest BCUT2D eigenvalue weighted by Crippen LogP contribution is 2.37. The third-order valence-corrected chi connectivity index (χ3v) is 5.12. The monoisotopic (exact) mass is 395 g/mol. The maximum Gasteiger partial charge on any atom is 0.260 e. The van der Waals surface area contributed by atoms with Crippen LogP contribution in [-0.2, 0) is 6.54 Å². The molecule has 2 aromatic heterocycles. The predicted octanol–water partition coefficient (Wildman–Crippen LogP) is 3.60. The van der Waals surface area contributed by atoms with Gasteiger partial charge in [0.05, 0.1) is 6.54 Å². The molecule has 0 radical (unpaired) electrons. The van der Waals surface area contributed by atoms with E-state index in [4.69, 9.17) is 4.98 Å². The summed E-state index contributed by atoms with van der Waals surface area (Å²) in [6.07, 6.45) is 4.06. The zero-order valence-corrected chi connectivity index (χ0v) is 14.8. The second-order valence-electron chi connectivity index (χ2n) is 6.37. The maximum atomic E-state index is 12.8. The lowest BCUT2D eigenvalue weighted by molar-refractivity contribution is 0.0996. The van der Waals surface area contributed by atoms with Crippen LogP contribution in [0.2, 0.25) is 0 Å². The molecule has 0 N–H and O–H groups in total. The van der Waals surface area contributed by atoms with Crippen LogP contribution in [0, 0.1) is 0 Å². The van der Waals surface area contributed by atoms with Gasteiger partial charge in [-0.3, -0.25) is 9.69 Å². The summed E-state index contributed by atoms with van der Waals surface area (Å²) in [5, 5.41) is 8.26. The Morgan fingerprint density at radius 3 is 2.88 bits per heavy atom. The maximum absolute atomic E-state index is 12.8. The number of benzene rings is 1. The van der Waals surface area contributed by atoms with E-state index in [9.17, 15) is 4.79 Å². The van der Waals surface area contributed by atoms with Gasteiger partial charge in [0, 0.05) is 16.1 Å². The zero-order valence-electron chi connectivity index (χ0n) is 13.3. The fourth-order valence-electron chi connectivity index (χ4n) is 3.20. The van der Waals surface area contributed by atoms with Crippen molar-refractivity contribution in [2.45, 2.75) is 25.4 Å². The molecule has 1 saturated carbocycles. The van der Waals surface area contributed by atoms with Crippen molar-refractivity contribution in [1.29, 1.82) is 0 Å². The zero-order chi connectivity index (χ0) is 17.0. The predicted molar refractivity (Wildman–Crippen MR) is 96.2 cm³/mol. The van der Waals surface area contributed by atoms with E-state index in [-0.39, 0.29) is 5.91 Å². The molecular formula is C18H14BrN5O. The summed E-state index contributed by atoms with van der Waals surface area (Å²) in [6, 6.07) is 12.0. The second-order valence-corrected chi connectivity index (χ2v) is 7.28. The molecule has 1 fully saturated rings. The Hall–Kier alpha value is -2.54. The van der Waals surface area contributed by atoms with Crippen LogP contribution in [-0.4, -0.2) is 25.7 Å². The van der Waals surface area contributed by atoms with E-state index in [1.807, 2.05) is 36.4 Å². The largest absolute Gasteiger partial charge is 0.309 e. The van der Waals surface area contributed by atoms with Crippen molar-refractivity contribution in [3.05, 3.63) is 58.3 Å². The first-order valence-corrected chi connectivity index (χ1v) is 8.97. The third kappa shape index (κ3) is 2.46. The van der Waals surface area contributed by atoms with Gasteiger partial charge in [0.2, 0.25) is 0 Å². The van der Waals surface area contributed by atoms with Gasteiger partial charge < -0.3 is 4.57 Å². The van der Waals surface area contributed by atoms with E-state index in [0.717, 1.165) is 40.0 Å². The molecule has 3 aromatic rings. The van der Waals surface area contributed by atoms with Crippen LogP contribution in [0.3, 0.4) is 0 Å². The van der Waals surface area contributed by atoms with Gasteiger partial charge in [-0.25, -0.2) is 4.98 Å². The number of rotatable bonds is 3. The lowest BCUT2D eigenvalue weighted by atomic mass is 10.1. The number of hydrogen-bond donors (Lipinski definition) is 0. The quantitative estimate of drug-likeness (QED) is 0.679. The molecule has 5 rings (SSSR count). The first-order chi connectivity index (χ1) is 12.2. The smallest absolute Gasteiger partial charge is 0.260 e. The molecule has 0 unspecified atom stereocenters. The van der Waals surface area contributed by atoms with Crippen molar-refractivity contribution in [3.63, 3.8) is 0 Å². The van der Waals surface area contributed by atoms with Crippen molar-refractivity contribution in [2.24, 2.45) is 0 Å². The van der Waals surface area contributed by atoms with Gasteiger partial charge in [0.1, 0.15) is 17.8 Å². The summed E-state index contributed by atoms with van der Waals surface area (Å²) in [6.45, 7) is 0.535. The number of nitrogens with zero attached hydrogens (tertiary/aromatic N) is 5. The van der Waals surface area contributed by atoms with Crippen LogP contribution in [0.4, 0.5) is 5.82 Å². The number of anilines is 1. The van der Waals surface area contributed by atoms with Gasteiger partial charge in [-0.05, 0) is 42.7 Å². The Balaban J connectivity index is 1.52. The molecule has 0 spiro atoms. The summed E-state index contributed by atoms with van der Waals surface area (Å²) in [4.78, 5) is 19.2. The minimum Gasteiger partial charge on any atom is -0.309 e. The molecule has 1 aromatic carbocycles. The first kappa shape index (κ1) is 14.8. The molecule has 1 aliphatic heterocycles. The highest BCUT2D eigenvalue weighted by atomic mass is 79.9. The minimum atomic E-state index is -0.0235. The summed E-state index contributed by atoms with van der Waals surface area (Å²) < 4.78 is 2.98. The van der Waals surface area contributed by atoms with E-state index in [2.05, 4.69) is 30.7 Å². The fourth-order valence-corrected chi connectivity index (χ4v) is 3.56. The van der Waals surface area contributed by atoms with Crippen molar-refractivity contribution in [2.75, 3.05) is 4.90 Å². The van der Waals surface area contributed by atoms with E-state index in [1.165, 1.54) is 0 Å². The highest BCUT2D eigenvalue weighted by Gasteiger charge is 2.30.